The first-order valence-electron chi connectivity index (χ1n) is 8.75. The van der Waals surface area contributed by atoms with Gasteiger partial charge >= 0.3 is 11.9 Å². The molecule has 0 bridgehead atoms. The van der Waals surface area contributed by atoms with Crippen molar-refractivity contribution in [3.8, 4) is 0 Å². The summed E-state index contributed by atoms with van der Waals surface area (Å²) in [7, 11) is 3.35. The Morgan fingerprint density at radius 1 is 0.714 bits per heavy atom. The zero-order valence-electron chi connectivity index (χ0n) is 15.3. The molecule has 2 rings (SSSR count). The highest BCUT2D eigenvalue weighted by molar-refractivity contribution is 8.76. The summed E-state index contributed by atoms with van der Waals surface area (Å²) in [6.07, 6.45) is 1.38. The normalized spacial score (nSPS) is 13.1. The van der Waals surface area contributed by atoms with Crippen molar-refractivity contribution in [2.45, 2.75) is 24.9 Å². The van der Waals surface area contributed by atoms with Gasteiger partial charge in [-0.15, -0.1) is 0 Å². The minimum atomic E-state index is -0.933. The van der Waals surface area contributed by atoms with Gasteiger partial charge in [-0.1, -0.05) is 45.9 Å². The van der Waals surface area contributed by atoms with E-state index in [4.69, 9.17) is 21.7 Å². The van der Waals surface area contributed by atoms with Crippen LogP contribution in [0.25, 0.3) is 0 Å². The van der Waals surface area contributed by atoms with Gasteiger partial charge in [0.25, 0.3) is 0 Å². The van der Waals surface area contributed by atoms with Gasteiger partial charge < -0.3 is 21.7 Å². The molecule has 150 valence electrons. The van der Waals surface area contributed by atoms with Crippen LogP contribution >= 0.6 is 21.6 Å². The van der Waals surface area contributed by atoms with Crippen LogP contribution in [0.1, 0.15) is 31.8 Å². The lowest BCUT2D eigenvalue weighted by molar-refractivity contribution is 0.0686. The Morgan fingerprint density at radius 2 is 1.04 bits per heavy atom. The first-order chi connectivity index (χ1) is 13.3. The molecule has 8 heteroatoms. The van der Waals surface area contributed by atoms with Crippen molar-refractivity contribution < 1.29 is 19.8 Å². The van der Waals surface area contributed by atoms with Gasteiger partial charge in [0, 0.05) is 23.6 Å². The van der Waals surface area contributed by atoms with Crippen molar-refractivity contribution in [1.82, 2.24) is 0 Å². The maximum absolute atomic E-state index is 10.9. The van der Waals surface area contributed by atoms with Crippen molar-refractivity contribution in [2.24, 2.45) is 11.5 Å². The molecule has 0 aliphatic rings. The standard InChI is InChI=1S/C20H24N2O4S2/c21-17(9-13-1-5-15(6-2-13)19(23)24)11-27-28-12-18(22)10-14-3-7-16(8-4-14)20(25)26/h1-8,17-18H,9-12,21-22H2,(H,23,24)(H,25,26). The van der Waals surface area contributed by atoms with Crippen LogP contribution in [-0.2, 0) is 12.8 Å². The van der Waals surface area contributed by atoms with Gasteiger partial charge in [0.2, 0.25) is 0 Å². The van der Waals surface area contributed by atoms with E-state index in [1.54, 1.807) is 70.1 Å². The minimum Gasteiger partial charge on any atom is -0.478 e. The average molecular weight is 421 g/mol. The lowest BCUT2D eigenvalue weighted by atomic mass is 10.1. The molecule has 2 atom stereocenters. The molecule has 28 heavy (non-hydrogen) atoms. The van der Waals surface area contributed by atoms with Crippen LogP contribution in [0.4, 0.5) is 0 Å². The van der Waals surface area contributed by atoms with Crippen molar-refractivity contribution >= 4 is 33.5 Å². The largest absolute Gasteiger partial charge is 0.478 e. The molecule has 0 radical (unpaired) electrons. The molecule has 0 aliphatic heterocycles. The highest BCUT2D eigenvalue weighted by Gasteiger charge is 2.09. The number of rotatable bonds is 11. The molecular weight excluding hydrogens is 396 g/mol. The summed E-state index contributed by atoms with van der Waals surface area (Å²) >= 11 is 0. The predicted octanol–water partition coefficient (Wildman–Crippen LogP) is 2.90. The number of carboxylic acids is 2. The van der Waals surface area contributed by atoms with Gasteiger partial charge in [-0.3, -0.25) is 0 Å². The summed E-state index contributed by atoms with van der Waals surface area (Å²) in [4.78, 5) is 21.7. The van der Waals surface area contributed by atoms with Gasteiger partial charge in [0.1, 0.15) is 0 Å². The van der Waals surface area contributed by atoms with E-state index in [2.05, 4.69) is 0 Å². The lowest BCUT2D eigenvalue weighted by Gasteiger charge is -2.13. The predicted molar refractivity (Wildman–Crippen MR) is 115 cm³/mol. The molecule has 0 saturated heterocycles. The zero-order chi connectivity index (χ0) is 20.5. The Hall–Kier alpha value is -2.00. The Labute approximate surface area is 172 Å². The van der Waals surface area contributed by atoms with E-state index >= 15 is 0 Å². The SMILES string of the molecule is NC(CSSCC(N)Cc1ccc(C(=O)O)cc1)Cc1ccc(C(=O)O)cc1. The van der Waals surface area contributed by atoms with Crippen LogP contribution < -0.4 is 11.5 Å². The minimum absolute atomic E-state index is 0.0204. The fourth-order valence-corrected chi connectivity index (χ4v) is 4.97. The highest BCUT2D eigenvalue weighted by Crippen LogP contribution is 2.24. The summed E-state index contributed by atoms with van der Waals surface area (Å²) in [5.41, 5.74) is 14.9. The van der Waals surface area contributed by atoms with Crippen molar-refractivity contribution in [2.75, 3.05) is 11.5 Å². The molecule has 2 unspecified atom stereocenters. The number of benzene rings is 2. The lowest BCUT2D eigenvalue weighted by Crippen LogP contribution is -2.27. The molecule has 0 aromatic heterocycles. The summed E-state index contributed by atoms with van der Waals surface area (Å²) in [6, 6.07) is 13.5. The number of aromatic carboxylic acids is 2. The topological polar surface area (TPSA) is 127 Å². The fourth-order valence-electron chi connectivity index (χ4n) is 2.56. The quantitative estimate of drug-likeness (QED) is 0.323. The van der Waals surface area contributed by atoms with Gasteiger partial charge in [0.05, 0.1) is 11.1 Å². The summed E-state index contributed by atoms with van der Waals surface area (Å²) in [5.74, 6) is -0.328. The summed E-state index contributed by atoms with van der Waals surface area (Å²) in [5, 5.41) is 17.8. The van der Waals surface area contributed by atoms with Crippen LogP contribution in [0.15, 0.2) is 48.5 Å². The van der Waals surface area contributed by atoms with Crippen LogP contribution in [0.2, 0.25) is 0 Å². The first-order valence-corrected chi connectivity index (χ1v) is 11.2. The molecule has 6 N–H and O–H groups in total. The van der Waals surface area contributed by atoms with Crippen LogP contribution in [0.3, 0.4) is 0 Å². The summed E-state index contributed by atoms with van der Waals surface area (Å²) < 4.78 is 0. The molecule has 0 fully saturated rings. The Morgan fingerprint density at radius 3 is 1.32 bits per heavy atom. The number of carboxylic acid groups (broad SMARTS) is 2. The highest BCUT2D eigenvalue weighted by atomic mass is 33.1. The maximum Gasteiger partial charge on any atom is 0.335 e. The average Bonchev–Trinajstić information content (AvgIpc) is 2.66. The van der Waals surface area contributed by atoms with Gasteiger partial charge in [-0.2, -0.15) is 0 Å². The molecule has 0 aliphatic carbocycles. The van der Waals surface area contributed by atoms with E-state index in [0.717, 1.165) is 22.6 Å². The maximum atomic E-state index is 10.9. The van der Waals surface area contributed by atoms with Crippen molar-refractivity contribution in [3.05, 3.63) is 70.8 Å². The van der Waals surface area contributed by atoms with E-state index in [0.29, 0.717) is 12.8 Å². The molecule has 0 heterocycles. The Bertz CT molecular complexity index is 714. The van der Waals surface area contributed by atoms with Crippen LogP contribution in [-0.4, -0.2) is 45.7 Å². The van der Waals surface area contributed by atoms with Gasteiger partial charge in [-0.05, 0) is 48.2 Å². The third-order valence-corrected chi connectivity index (χ3v) is 6.66. The van der Waals surface area contributed by atoms with E-state index in [9.17, 15) is 9.59 Å². The first kappa shape index (κ1) is 22.3. The van der Waals surface area contributed by atoms with Crippen molar-refractivity contribution in [1.29, 1.82) is 0 Å². The van der Waals surface area contributed by atoms with Gasteiger partial charge in [0.15, 0.2) is 0 Å². The molecule has 0 saturated carbocycles. The second-order valence-electron chi connectivity index (χ2n) is 6.50. The van der Waals surface area contributed by atoms with Crippen LogP contribution in [0, 0.1) is 0 Å². The molecular formula is C20H24N2O4S2. The number of carbonyl (C=O) groups is 2. The van der Waals surface area contributed by atoms with E-state index < -0.39 is 11.9 Å². The molecule has 6 nitrogen and oxygen atoms in total. The molecule has 0 amide bonds. The second kappa shape index (κ2) is 11.1. The third-order valence-electron chi connectivity index (χ3n) is 4.05. The van der Waals surface area contributed by atoms with Crippen LogP contribution in [0.5, 0.6) is 0 Å². The zero-order valence-corrected chi connectivity index (χ0v) is 16.9. The van der Waals surface area contributed by atoms with E-state index in [1.807, 2.05) is 0 Å². The van der Waals surface area contributed by atoms with Gasteiger partial charge in [-0.25, -0.2) is 9.59 Å². The number of hydrogen-bond acceptors (Lipinski definition) is 6. The number of hydrogen-bond donors (Lipinski definition) is 4. The fraction of sp³-hybridized carbons (Fsp3) is 0.300. The second-order valence-corrected chi connectivity index (χ2v) is 9.05. The van der Waals surface area contributed by atoms with E-state index in [1.165, 1.54) is 0 Å². The van der Waals surface area contributed by atoms with E-state index in [-0.39, 0.29) is 23.2 Å². The molecule has 2 aromatic rings. The Balaban J connectivity index is 1.65. The smallest absolute Gasteiger partial charge is 0.335 e. The molecule has 2 aromatic carbocycles. The van der Waals surface area contributed by atoms with Crippen molar-refractivity contribution in [3.63, 3.8) is 0 Å². The molecule has 0 spiro atoms. The number of nitrogens with two attached hydrogens (primary N) is 2. The Kier molecular flexibility index (Phi) is 8.85. The monoisotopic (exact) mass is 420 g/mol. The summed E-state index contributed by atoms with van der Waals surface area (Å²) in [6.45, 7) is 0. The third kappa shape index (κ3) is 7.55.